The van der Waals surface area contributed by atoms with Crippen molar-refractivity contribution in [3.8, 4) is 11.3 Å². The number of fused-ring (bicyclic) bond motifs is 1. The van der Waals surface area contributed by atoms with Crippen LogP contribution in [0.3, 0.4) is 0 Å². The maximum Gasteiger partial charge on any atom is 0.293 e. The van der Waals surface area contributed by atoms with Gasteiger partial charge in [-0.2, -0.15) is 10.2 Å². The molecular formula is C10H10N6O. The predicted molar refractivity (Wildman–Crippen MR) is 60.5 cm³/mol. The molecule has 0 aliphatic heterocycles. The van der Waals surface area contributed by atoms with Gasteiger partial charge < -0.3 is 4.98 Å². The first-order valence-electron chi connectivity index (χ1n) is 5.08. The molecule has 7 nitrogen and oxygen atoms in total. The number of aryl methyl sites for hydroxylation is 2. The molecule has 0 bridgehead atoms. The Morgan fingerprint density at radius 3 is 2.88 bits per heavy atom. The molecular weight excluding hydrogens is 220 g/mol. The third-order valence-corrected chi connectivity index (χ3v) is 2.58. The van der Waals surface area contributed by atoms with E-state index >= 15 is 0 Å². The number of hydrogen-bond acceptors (Lipinski definition) is 4. The fraction of sp³-hybridized carbons (Fsp3) is 0.200. The number of H-pyrrole nitrogens is 1. The van der Waals surface area contributed by atoms with Gasteiger partial charge in [0.15, 0.2) is 0 Å². The summed E-state index contributed by atoms with van der Waals surface area (Å²) in [4.78, 5) is 18.4. The Morgan fingerprint density at radius 1 is 1.35 bits per heavy atom. The van der Waals surface area contributed by atoms with E-state index in [0.29, 0.717) is 5.69 Å². The van der Waals surface area contributed by atoms with E-state index < -0.39 is 0 Å². The molecule has 0 aliphatic rings. The van der Waals surface area contributed by atoms with Gasteiger partial charge in [-0.15, -0.1) is 0 Å². The predicted octanol–water partition coefficient (Wildman–Crippen LogP) is 0.127. The summed E-state index contributed by atoms with van der Waals surface area (Å²) in [6.07, 6.45) is 4.93. The zero-order chi connectivity index (χ0) is 12.0. The Morgan fingerprint density at radius 2 is 2.18 bits per heavy atom. The second-order valence-corrected chi connectivity index (χ2v) is 3.83. The fourth-order valence-electron chi connectivity index (χ4n) is 1.84. The highest BCUT2D eigenvalue weighted by Gasteiger charge is 2.10. The van der Waals surface area contributed by atoms with Crippen molar-refractivity contribution in [1.29, 1.82) is 0 Å². The van der Waals surface area contributed by atoms with Crippen molar-refractivity contribution < 1.29 is 0 Å². The molecule has 3 aromatic heterocycles. The summed E-state index contributed by atoms with van der Waals surface area (Å²) < 4.78 is 3.16. The van der Waals surface area contributed by atoms with Crippen molar-refractivity contribution in [2.75, 3.05) is 0 Å². The number of rotatable bonds is 1. The number of nitrogens with one attached hydrogen (secondary N) is 1. The third kappa shape index (κ3) is 1.43. The maximum absolute atomic E-state index is 11.7. The van der Waals surface area contributed by atoms with E-state index in [1.165, 1.54) is 10.8 Å². The number of aromatic nitrogens is 6. The van der Waals surface area contributed by atoms with Crippen LogP contribution in [0.2, 0.25) is 0 Å². The quantitative estimate of drug-likeness (QED) is 0.644. The van der Waals surface area contributed by atoms with E-state index in [9.17, 15) is 4.79 Å². The van der Waals surface area contributed by atoms with Crippen LogP contribution in [-0.4, -0.2) is 29.4 Å². The van der Waals surface area contributed by atoms with Gasteiger partial charge in [-0.25, -0.2) is 9.50 Å². The lowest BCUT2D eigenvalue weighted by Crippen LogP contribution is -2.11. The molecule has 3 aromatic rings. The van der Waals surface area contributed by atoms with E-state index in [2.05, 4.69) is 20.2 Å². The first-order chi connectivity index (χ1) is 8.15. The minimum Gasteiger partial charge on any atom is -0.317 e. The zero-order valence-corrected chi connectivity index (χ0v) is 9.38. The number of nitrogens with zero attached hydrogens (tertiary/aromatic N) is 5. The molecule has 0 atom stereocenters. The molecule has 3 heterocycles. The van der Waals surface area contributed by atoms with E-state index in [1.54, 1.807) is 10.9 Å². The van der Waals surface area contributed by atoms with Crippen molar-refractivity contribution in [2.24, 2.45) is 7.05 Å². The van der Waals surface area contributed by atoms with Gasteiger partial charge in [-0.05, 0) is 6.92 Å². The van der Waals surface area contributed by atoms with E-state index in [0.717, 1.165) is 11.3 Å². The molecule has 0 aromatic carbocycles. The smallest absolute Gasteiger partial charge is 0.293 e. The van der Waals surface area contributed by atoms with Gasteiger partial charge in [0.2, 0.25) is 5.65 Å². The first kappa shape index (κ1) is 9.76. The molecule has 7 heteroatoms. The summed E-state index contributed by atoms with van der Waals surface area (Å²) in [7, 11) is 1.84. The molecule has 0 spiro atoms. The summed E-state index contributed by atoms with van der Waals surface area (Å²) in [5.41, 5.74) is 2.43. The van der Waals surface area contributed by atoms with Gasteiger partial charge >= 0.3 is 0 Å². The lowest BCUT2D eigenvalue weighted by molar-refractivity contribution is 0.756. The van der Waals surface area contributed by atoms with Crippen LogP contribution in [0.4, 0.5) is 0 Å². The van der Waals surface area contributed by atoms with Gasteiger partial charge in [-0.3, -0.25) is 9.48 Å². The molecule has 3 rings (SSSR count). The highest BCUT2D eigenvalue weighted by molar-refractivity contribution is 5.60. The van der Waals surface area contributed by atoms with Crippen molar-refractivity contribution >= 4 is 5.65 Å². The Labute approximate surface area is 95.7 Å². The zero-order valence-electron chi connectivity index (χ0n) is 9.38. The molecule has 0 aliphatic carbocycles. The molecule has 0 fully saturated rings. The van der Waals surface area contributed by atoms with Gasteiger partial charge in [0, 0.05) is 18.8 Å². The van der Waals surface area contributed by atoms with Crippen LogP contribution in [0.15, 0.2) is 23.5 Å². The molecule has 86 valence electrons. The largest absolute Gasteiger partial charge is 0.317 e. The minimum atomic E-state index is -0.261. The molecule has 0 unspecified atom stereocenters. The normalized spacial score (nSPS) is 11.2. The van der Waals surface area contributed by atoms with Crippen LogP contribution in [-0.2, 0) is 7.05 Å². The molecule has 0 radical (unpaired) electrons. The SMILES string of the molecule is Cc1nn(C)cc1-c1cn2ncnc2c(=O)[nH]1. The lowest BCUT2D eigenvalue weighted by Gasteiger charge is -1.99. The van der Waals surface area contributed by atoms with Gasteiger partial charge in [-0.1, -0.05) is 0 Å². The highest BCUT2D eigenvalue weighted by Crippen LogP contribution is 2.18. The van der Waals surface area contributed by atoms with Crippen LogP contribution in [0.25, 0.3) is 16.9 Å². The van der Waals surface area contributed by atoms with Gasteiger partial charge in [0.1, 0.15) is 6.33 Å². The summed E-state index contributed by atoms with van der Waals surface area (Å²) in [5, 5.41) is 8.19. The first-order valence-corrected chi connectivity index (χ1v) is 5.08. The third-order valence-electron chi connectivity index (χ3n) is 2.58. The summed E-state index contributed by atoms with van der Waals surface area (Å²) >= 11 is 0. The average Bonchev–Trinajstić information content (AvgIpc) is 2.84. The topological polar surface area (TPSA) is 80.9 Å². The van der Waals surface area contributed by atoms with Crippen LogP contribution in [0.1, 0.15) is 5.69 Å². The Balaban J connectivity index is 2.31. The van der Waals surface area contributed by atoms with Crippen LogP contribution < -0.4 is 5.56 Å². The van der Waals surface area contributed by atoms with Crippen molar-refractivity contribution in [3.63, 3.8) is 0 Å². The molecule has 17 heavy (non-hydrogen) atoms. The van der Waals surface area contributed by atoms with Gasteiger partial charge in [0.25, 0.3) is 5.56 Å². The number of aromatic amines is 1. The van der Waals surface area contributed by atoms with E-state index in [4.69, 9.17) is 0 Å². The molecule has 0 saturated carbocycles. The van der Waals surface area contributed by atoms with Crippen LogP contribution in [0.5, 0.6) is 0 Å². The maximum atomic E-state index is 11.7. The summed E-state index contributed by atoms with van der Waals surface area (Å²) in [6.45, 7) is 1.89. The van der Waals surface area contributed by atoms with Crippen LogP contribution >= 0.6 is 0 Å². The number of hydrogen-bond donors (Lipinski definition) is 1. The molecule has 0 saturated heterocycles. The Hall–Kier alpha value is -2.44. The van der Waals surface area contributed by atoms with E-state index in [1.807, 2.05) is 20.2 Å². The Kier molecular flexibility index (Phi) is 1.88. The summed E-state index contributed by atoms with van der Waals surface area (Å²) in [5.74, 6) is 0. The lowest BCUT2D eigenvalue weighted by atomic mass is 10.2. The standard InChI is InChI=1S/C10H10N6O/c1-6-7(3-15(2)14-6)8-4-16-9(10(17)13-8)11-5-12-16/h3-5H,1-2H3,(H,13,17). The van der Waals surface area contributed by atoms with Crippen LogP contribution in [0, 0.1) is 6.92 Å². The molecule has 0 amide bonds. The van der Waals surface area contributed by atoms with Crippen molar-refractivity contribution in [1.82, 2.24) is 29.4 Å². The Bertz CT molecular complexity index is 750. The van der Waals surface area contributed by atoms with Crippen molar-refractivity contribution in [2.45, 2.75) is 6.92 Å². The second kappa shape index (κ2) is 3.27. The monoisotopic (exact) mass is 230 g/mol. The van der Waals surface area contributed by atoms with E-state index in [-0.39, 0.29) is 11.2 Å². The molecule has 1 N–H and O–H groups in total. The average molecular weight is 230 g/mol. The second-order valence-electron chi connectivity index (χ2n) is 3.83. The fourth-order valence-corrected chi connectivity index (χ4v) is 1.84. The minimum absolute atomic E-state index is 0.261. The van der Waals surface area contributed by atoms with Gasteiger partial charge in [0.05, 0.1) is 17.6 Å². The highest BCUT2D eigenvalue weighted by atomic mass is 16.1. The summed E-state index contributed by atoms with van der Waals surface area (Å²) in [6, 6.07) is 0. The van der Waals surface area contributed by atoms with Crippen molar-refractivity contribution in [3.05, 3.63) is 34.8 Å².